The summed E-state index contributed by atoms with van der Waals surface area (Å²) < 4.78 is 0. The van der Waals surface area contributed by atoms with E-state index in [1.54, 1.807) is 69.3 Å². The first-order chi connectivity index (χ1) is 38.6. The van der Waals surface area contributed by atoms with Gasteiger partial charge in [0.2, 0.25) is 59.1 Å². The van der Waals surface area contributed by atoms with Crippen molar-refractivity contribution < 1.29 is 53.1 Å². The molecule has 0 spiro atoms. The summed E-state index contributed by atoms with van der Waals surface area (Å²) in [7, 11) is 8.31. The molecule has 1 heterocycles. The molecule has 2 aromatic carbocycles. The zero-order chi connectivity index (χ0) is 63.2. The molecule has 0 aliphatic carbocycles. The standard InChI is InChI=1S/C60H92Cl2N10O11/c1-19-35(8)49-59(82)67(13)37(10)56(79)70(16)46(30-40-22-20-24-42(61)28-40)54(77)66-50(39(12)73)60(83)68(14)38(11)55(78)69(15)44(26-32(2)3)52(75)63-36(9)51(74)64-48(34(6)7)58(81)72(18)47(31-41-23-21-25-43(62)29-41)57(80)71(17)45(27-33(4)5)53(76)65-49/h20-25,28-29,32-39,44-50,73H,19,26-27,30-31H2,1-18H3,(H,63,75)(H,64,74)(H,65,76)(H,66,77)/t35-,36-,37-,38-,39+,44-,45-,46-,47-,48+,49-,50-/m0/s1. The number of benzene rings is 2. The van der Waals surface area contributed by atoms with Crippen LogP contribution in [0.15, 0.2) is 48.5 Å². The van der Waals surface area contributed by atoms with Gasteiger partial charge in [-0.1, -0.05) is 109 Å². The first-order valence-electron chi connectivity index (χ1n) is 28.6. The molecule has 0 unspecified atom stereocenters. The van der Waals surface area contributed by atoms with Crippen molar-refractivity contribution >= 4 is 82.3 Å². The number of carbonyl (C=O) groups is 10. The fraction of sp³-hybridized carbons (Fsp3) is 0.633. The Bertz CT molecular complexity index is 2640. The third-order valence-corrected chi connectivity index (χ3v) is 16.3. The number of aliphatic hydroxyl groups is 1. The van der Waals surface area contributed by atoms with Gasteiger partial charge in [0, 0.05) is 65.2 Å². The first-order valence-corrected chi connectivity index (χ1v) is 29.3. The van der Waals surface area contributed by atoms with Gasteiger partial charge in [-0.15, -0.1) is 0 Å². The van der Waals surface area contributed by atoms with Crippen molar-refractivity contribution in [2.45, 2.75) is 182 Å². The van der Waals surface area contributed by atoms with Crippen molar-refractivity contribution in [1.82, 2.24) is 50.7 Å². The highest BCUT2D eigenvalue weighted by molar-refractivity contribution is 6.31. The summed E-state index contributed by atoms with van der Waals surface area (Å²) in [6.07, 6.45) is -1.12. The van der Waals surface area contributed by atoms with Gasteiger partial charge in [0.1, 0.15) is 60.4 Å². The molecule has 1 aliphatic heterocycles. The monoisotopic (exact) mass is 1200 g/mol. The molecule has 5 N–H and O–H groups in total. The Morgan fingerprint density at radius 3 is 1.24 bits per heavy atom. The predicted molar refractivity (Wildman–Crippen MR) is 319 cm³/mol. The van der Waals surface area contributed by atoms with E-state index in [2.05, 4.69) is 21.3 Å². The van der Waals surface area contributed by atoms with Crippen LogP contribution in [0.3, 0.4) is 0 Å². The van der Waals surface area contributed by atoms with Gasteiger partial charge in [-0.3, -0.25) is 47.9 Å². The number of hydrogen-bond acceptors (Lipinski definition) is 11. The van der Waals surface area contributed by atoms with E-state index in [0.717, 1.165) is 14.7 Å². The van der Waals surface area contributed by atoms with Crippen LogP contribution in [0.1, 0.15) is 113 Å². The van der Waals surface area contributed by atoms with Crippen molar-refractivity contribution in [3.63, 3.8) is 0 Å². The van der Waals surface area contributed by atoms with Gasteiger partial charge in [-0.2, -0.15) is 0 Å². The van der Waals surface area contributed by atoms with Gasteiger partial charge in [-0.25, -0.2) is 0 Å². The van der Waals surface area contributed by atoms with Crippen LogP contribution in [-0.4, -0.2) is 202 Å². The molecule has 2 aromatic rings. The van der Waals surface area contributed by atoms with Gasteiger partial charge in [0.15, 0.2) is 0 Å². The summed E-state index contributed by atoms with van der Waals surface area (Å²) in [5.41, 5.74) is 1.10. The highest BCUT2D eigenvalue weighted by Gasteiger charge is 2.43. The van der Waals surface area contributed by atoms with Gasteiger partial charge >= 0.3 is 0 Å². The van der Waals surface area contributed by atoms with E-state index < -0.39 is 137 Å². The third-order valence-electron chi connectivity index (χ3n) is 15.9. The second-order valence-corrected chi connectivity index (χ2v) is 24.5. The Morgan fingerprint density at radius 2 is 0.819 bits per heavy atom. The van der Waals surface area contributed by atoms with Crippen LogP contribution in [0.5, 0.6) is 0 Å². The summed E-state index contributed by atoms with van der Waals surface area (Å²) in [5.74, 6) is -8.67. The Kier molecular flexibility index (Phi) is 27.0. The van der Waals surface area contributed by atoms with Crippen LogP contribution >= 0.6 is 23.2 Å². The van der Waals surface area contributed by atoms with Crippen LogP contribution in [0.4, 0.5) is 0 Å². The molecular weight excluding hydrogens is 1110 g/mol. The van der Waals surface area contributed by atoms with Crippen molar-refractivity contribution in [1.29, 1.82) is 0 Å². The summed E-state index contributed by atoms with van der Waals surface area (Å²) in [6, 6.07) is 0.288. The second-order valence-electron chi connectivity index (χ2n) is 23.6. The smallest absolute Gasteiger partial charge is 0.248 e. The predicted octanol–water partition coefficient (Wildman–Crippen LogP) is 3.93. The molecule has 1 saturated heterocycles. The fourth-order valence-electron chi connectivity index (χ4n) is 9.89. The number of aliphatic hydroxyl groups excluding tert-OH is 1. The molecule has 3 rings (SSSR count). The number of halogens is 2. The minimum absolute atomic E-state index is 0.0683. The number of carbonyl (C=O) groups excluding carboxylic acids is 10. The van der Waals surface area contributed by atoms with E-state index in [9.17, 15) is 48.3 Å². The molecule has 23 heteroatoms. The average molecular weight is 1200 g/mol. The maximum absolute atomic E-state index is 15.2. The largest absolute Gasteiger partial charge is 0.391 e. The third kappa shape index (κ3) is 18.8. The van der Waals surface area contributed by atoms with E-state index in [1.165, 1.54) is 84.7 Å². The molecule has 0 radical (unpaired) electrons. The van der Waals surface area contributed by atoms with Crippen LogP contribution < -0.4 is 21.3 Å². The van der Waals surface area contributed by atoms with Gasteiger partial charge in [0.25, 0.3) is 0 Å². The molecule has 0 saturated carbocycles. The lowest BCUT2D eigenvalue weighted by Gasteiger charge is -2.38. The zero-order valence-corrected chi connectivity index (χ0v) is 53.3. The van der Waals surface area contributed by atoms with Crippen LogP contribution in [-0.2, 0) is 60.8 Å². The Hall–Kier alpha value is -6.32. The molecule has 0 aromatic heterocycles. The highest BCUT2D eigenvalue weighted by Crippen LogP contribution is 2.24. The Balaban J connectivity index is 2.33. The number of hydrogen-bond donors (Lipinski definition) is 5. The molecule has 1 fully saturated rings. The summed E-state index contributed by atoms with van der Waals surface area (Å²) in [5, 5.41) is 22.9. The molecule has 12 atom stereocenters. The molecule has 1 aliphatic rings. The van der Waals surface area contributed by atoms with Gasteiger partial charge in [0.05, 0.1) is 6.10 Å². The summed E-state index contributed by atoms with van der Waals surface area (Å²) in [6.45, 7) is 20.0. The molecule has 462 valence electrons. The minimum atomic E-state index is -1.67. The SMILES string of the molecule is CC[C@H](C)[C@@H]1NC(=O)[C@H](CC(C)C)N(C)C(=O)[C@H](Cc2cccc(Cl)c2)N(C)C(=O)[C@@H](C(C)C)NC(=O)[C@H](C)NC(=O)[C@H](CC(C)C)N(C)C(=O)[C@H](C)N(C)C(=O)[C@H]([C@@H](C)O)NC(=O)[C@H](Cc2cccc(Cl)c2)N(C)C(=O)[C@H](C)N(C)C1=O. The minimum Gasteiger partial charge on any atom is -0.391 e. The van der Waals surface area contributed by atoms with E-state index in [0.29, 0.717) is 27.6 Å². The van der Waals surface area contributed by atoms with Gasteiger partial charge in [-0.05, 0) is 99.6 Å². The normalized spacial score (nSPS) is 26.4. The lowest BCUT2D eigenvalue weighted by atomic mass is 9.95. The lowest BCUT2D eigenvalue weighted by Crippen LogP contribution is -2.63. The Labute approximate surface area is 501 Å². The highest BCUT2D eigenvalue weighted by atomic mass is 35.5. The molecule has 83 heavy (non-hydrogen) atoms. The fourth-order valence-corrected chi connectivity index (χ4v) is 10.3. The van der Waals surface area contributed by atoms with Crippen molar-refractivity contribution in [3.05, 3.63) is 69.7 Å². The van der Waals surface area contributed by atoms with E-state index in [4.69, 9.17) is 23.2 Å². The van der Waals surface area contributed by atoms with Crippen LogP contribution in [0.25, 0.3) is 0 Å². The maximum atomic E-state index is 15.2. The zero-order valence-electron chi connectivity index (χ0n) is 51.8. The number of nitrogens with one attached hydrogen (secondary N) is 4. The molecule has 21 nitrogen and oxygen atoms in total. The van der Waals surface area contributed by atoms with Crippen molar-refractivity contribution in [2.75, 3.05) is 42.3 Å². The first kappa shape index (κ1) is 70.9. The van der Waals surface area contributed by atoms with Crippen LogP contribution in [0, 0.1) is 23.7 Å². The topological polar surface area (TPSA) is 258 Å². The van der Waals surface area contributed by atoms with E-state index in [1.807, 2.05) is 34.6 Å². The number of nitrogens with zero attached hydrogens (tertiary/aromatic N) is 6. The number of likely N-dealkylation sites (N-methyl/N-ethyl adjacent to an activating group) is 6. The Morgan fingerprint density at radius 1 is 0.458 bits per heavy atom. The second kappa shape index (κ2) is 31.5. The molecule has 0 bridgehead atoms. The average Bonchev–Trinajstić information content (AvgIpc) is 3.54. The summed E-state index contributed by atoms with van der Waals surface area (Å²) >= 11 is 12.8. The van der Waals surface area contributed by atoms with Crippen LogP contribution in [0.2, 0.25) is 10.0 Å². The van der Waals surface area contributed by atoms with E-state index in [-0.39, 0.29) is 37.5 Å². The summed E-state index contributed by atoms with van der Waals surface area (Å²) in [4.78, 5) is 154. The number of amides is 10. The van der Waals surface area contributed by atoms with Gasteiger partial charge < -0.3 is 55.8 Å². The van der Waals surface area contributed by atoms with Crippen molar-refractivity contribution in [2.24, 2.45) is 23.7 Å². The van der Waals surface area contributed by atoms with Crippen molar-refractivity contribution in [3.8, 4) is 0 Å². The quantitative estimate of drug-likeness (QED) is 0.204. The lowest BCUT2D eigenvalue weighted by molar-refractivity contribution is -0.152. The maximum Gasteiger partial charge on any atom is 0.248 e. The number of rotatable bonds is 12. The molecule has 10 amide bonds. The van der Waals surface area contributed by atoms with E-state index >= 15 is 4.79 Å². The molecular formula is C60H92Cl2N10O11.